The largest absolute Gasteiger partial charge is 0.367 e. The first-order chi connectivity index (χ1) is 9.40. The summed E-state index contributed by atoms with van der Waals surface area (Å²) in [5.74, 6) is 0.254. The van der Waals surface area contributed by atoms with Crippen molar-refractivity contribution >= 4 is 34.0 Å². The van der Waals surface area contributed by atoms with Crippen LogP contribution in [0.3, 0.4) is 0 Å². The van der Waals surface area contributed by atoms with Gasteiger partial charge in [0.05, 0.1) is 30.1 Å². The van der Waals surface area contributed by atoms with Crippen LogP contribution in [0.2, 0.25) is 0 Å². The molecule has 1 aliphatic heterocycles. The van der Waals surface area contributed by atoms with Crippen molar-refractivity contribution in [3.05, 3.63) is 11.1 Å². The van der Waals surface area contributed by atoms with Crippen molar-refractivity contribution in [2.75, 3.05) is 31.1 Å². The quantitative estimate of drug-likeness (QED) is 0.802. The zero-order chi connectivity index (χ0) is 14.8. The van der Waals surface area contributed by atoms with Crippen LogP contribution >= 0.6 is 22.9 Å². The summed E-state index contributed by atoms with van der Waals surface area (Å²) in [6, 6.07) is 0. The van der Waals surface area contributed by atoms with Crippen molar-refractivity contribution in [2.24, 2.45) is 5.41 Å². The van der Waals surface area contributed by atoms with Gasteiger partial charge in [-0.25, -0.2) is 9.78 Å². The number of alkyl halides is 1. The van der Waals surface area contributed by atoms with E-state index in [1.807, 2.05) is 26.2 Å². The number of nitrogens with zero attached hydrogens (tertiary/aromatic N) is 3. The average Bonchev–Trinajstić information content (AvgIpc) is 2.87. The maximum absolute atomic E-state index is 11.8. The minimum absolute atomic E-state index is 0.190. The Balaban J connectivity index is 1.85. The van der Waals surface area contributed by atoms with E-state index in [9.17, 15) is 4.79 Å². The van der Waals surface area contributed by atoms with Gasteiger partial charge in [-0.3, -0.25) is 0 Å². The lowest BCUT2D eigenvalue weighted by atomic mass is 9.98. The molecule has 0 spiro atoms. The number of piperazine rings is 1. The summed E-state index contributed by atoms with van der Waals surface area (Å²) >= 11 is 7.37. The molecule has 112 valence electrons. The topological polar surface area (TPSA) is 45.7 Å². The van der Waals surface area contributed by atoms with E-state index in [2.05, 4.69) is 9.88 Å². The molecule has 0 aliphatic carbocycles. The zero-order valence-electron chi connectivity index (χ0n) is 12.1. The second-order valence-electron chi connectivity index (χ2n) is 5.80. The van der Waals surface area contributed by atoms with Crippen LogP contribution in [0.4, 0.5) is 5.13 Å². The number of hydroxylamine groups is 2. The van der Waals surface area contributed by atoms with E-state index in [-0.39, 0.29) is 5.97 Å². The van der Waals surface area contributed by atoms with Crippen LogP contribution in [-0.2, 0) is 15.5 Å². The Morgan fingerprint density at radius 3 is 2.55 bits per heavy atom. The third-order valence-corrected chi connectivity index (χ3v) is 4.23. The fourth-order valence-electron chi connectivity index (χ4n) is 1.73. The number of carbonyl (C=O) groups is 1. The van der Waals surface area contributed by atoms with E-state index in [1.54, 1.807) is 16.4 Å². The molecular formula is C13H20ClN3O2S. The summed E-state index contributed by atoms with van der Waals surface area (Å²) in [5, 5.41) is 4.71. The number of carbonyl (C=O) groups excluding carboxylic acids is 1. The first kappa shape index (κ1) is 15.5. The Morgan fingerprint density at radius 2 is 2.05 bits per heavy atom. The third kappa shape index (κ3) is 3.84. The van der Waals surface area contributed by atoms with Crippen LogP contribution < -0.4 is 4.90 Å². The molecule has 0 atom stereocenters. The summed E-state index contributed by atoms with van der Waals surface area (Å²) in [6.07, 6.45) is 0. The van der Waals surface area contributed by atoms with Crippen LogP contribution in [0.1, 0.15) is 26.5 Å². The van der Waals surface area contributed by atoms with Gasteiger partial charge in [0.2, 0.25) is 0 Å². The van der Waals surface area contributed by atoms with E-state index in [4.69, 9.17) is 16.4 Å². The lowest BCUT2D eigenvalue weighted by Crippen LogP contribution is -2.48. The first-order valence-electron chi connectivity index (χ1n) is 6.63. The van der Waals surface area contributed by atoms with Gasteiger partial charge in [0.25, 0.3) is 0 Å². The summed E-state index contributed by atoms with van der Waals surface area (Å²) in [7, 11) is 0. The molecule has 0 aromatic carbocycles. The van der Waals surface area contributed by atoms with Crippen LogP contribution in [0.25, 0.3) is 0 Å². The van der Waals surface area contributed by atoms with Gasteiger partial charge < -0.3 is 9.74 Å². The van der Waals surface area contributed by atoms with Crippen LogP contribution in [0.15, 0.2) is 5.38 Å². The summed E-state index contributed by atoms with van der Waals surface area (Å²) < 4.78 is 0. The Kier molecular flexibility index (Phi) is 4.88. The standard InChI is InChI=1S/C13H20ClN3O2S/c1-13(2,3)11(18)19-17-6-4-16(5-7-17)12-15-10(8-14)9-20-12/h9H,4-8H2,1-3H3. The van der Waals surface area contributed by atoms with Gasteiger partial charge in [-0.2, -0.15) is 0 Å². The SMILES string of the molecule is CC(C)(C)C(=O)ON1CCN(c2nc(CCl)cs2)CC1. The molecule has 1 aromatic rings. The number of anilines is 1. The van der Waals surface area contributed by atoms with Gasteiger partial charge >= 0.3 is 5.97 Å². The minimum Gasteiger partial charge on any atom is -0.367 e. The number of halogens is 1. The van der Waals surface area contributed by atoms with Crippen molar-refractivity contribution < 1.29 is 9.63 Å². The average molecular weight is 318 g/mol. The van der Waals surface area contributed by atoms with E-state index in [1.165, 1.54) is 0 Å². The highest BCUT2D eigenvalue weighted by atomic mass is 35.5. The summed E-state index contributed by atoms with van der Waals surface area (Å²) in [6.45, 7) is 8.55. The molecule has 0 saturated carbocycles. The molecular weight excluding hydrogens is 298 g/mol. The Hall–Kier alpha value is -0.850. The molecule has 1 aliphatic rings. The highest BCUT2D eigenvalue weighted by Gasteiger charge is 2.28. The highest BCUT2D eigenvalue weighted by Crippen LogP contribution is 2.23. The fourth-order valence-corrected chi connectivity index (χ4v) is 2.84. The molecule has 5 nitrogen and oxygen atoms in total. The van der Waals surface area contributed by atoms with Gasteiger partial charge in [0.1, 0.15) is 0 Å². The molecule has 0 bridgehead atoms. The lowest BCUT2D eigenvalue weighted by molar-refractivity contribution is -0.201. The Bertz CT molecular complexity index is 464. The number of hydrogen-bond donors (Lipinski definition) is 0. The molecule has 7 heteroatoms. The van der Waals surface area contributed by atoms with Gasteiger partial charge in [-0.15, -0.1) is 28.0 Å². The maximum atomic E-state index is 11.8. The fraction of sp³-hybridized carbons (Fsp3) is 0.692. The predicted octanol–water partition coefficient (Wildman–Crippen LogP) is 2.51. The molecule has 1 saturated heterocycles. The molecule has 20 heavy (non-hydrogen) atoms. The van der Waals surface area contributed by atoms with E-state index >= 15 is 0 Å². The van der Waals surface area contributed by atoms with Gasteiger partial charge in [0.15, 0.2) is 5.13 Å². The zero-order valence-corrected chi connectivity index (χ0v) is 13.6. The van der Waals surface area contributed by atoms with Crippen LogP contribution in [0.5, 0.6) is 0 Å². The van der Waals surface area contributed by atoms with Crippen LogP contribution in [0, 0.1) is 5.41 Å². The third-order valence-electron chi connectivity index (χ3n) is 3.01. The van der Waals surface area contributed by atoms with Gasteiger partial charge in [-0.1, -0.05) is 0 Å². The second-order valence-corrected chi connectivity index (χ2v) is 6.90. The number of hydrogen-bond acceptors (Lipinski definition) is 6. The molecule has 0 radical (unpaired) electrons. The van der Waals surface area contributed by atoms with E-state index in [0.717, 1.165) is 23.9 Å². The molecule has 0 unspecified atom stereocenters. The monoisotopic (exact) mass is 317 g/mol. The first-order valence-corrected chi connectivity index (χ1v) is 8.04. The van der Waals surface area contributed by atoms with E-state index < -0.39 is 5.41 Å². The summed E-state index contributed by atoms with van der Waals surface area (Å²) in [4.78, 5) is 23.9. The molecule has 2 rings (SSSR count). The van der Waals surface area contributed by atoms with Gasteiger partial charge in [-0.05, 0) is 20.8 Å². The predicted molar refractivity (Wildman–Crippen MR) is 81.0 cm³/mol. The maximum Gasteiger partial charge on any atom is 0.330 e. The van der Waals surface area contributed by atoms with E-state index in [0.29, 0.717) is 19.0 Å². The normalized spacial score (nSPS) is 17.3. The van der Waals surface area contributed by atoms with Gasteiger partial charge in [0, 0.05) is 18.5 Å². The second kappa shape index (κ2) is 6.28. The Labute approximate surface area is 128 Å². The molecule has 0 amide bonds. The molecule has 2 heterocycles. The number of aromatic nitrogens is 1. The summed E-state index contributed by atoms with van der Waals surface area (Å²) in [5.41, 5.74) is 0.440. The highest BCUT2D eigenvalue weighted by molar-refractivity contribution is 7.13. The van der Waals surface area contributed by atoms with Crippen molar-refractivity contribution in [3.63, 3.8) is 0 Å². The van der Waals surface area contributed by atoms with Crippen molar-refractivity contribution in [1.29, 1.82) is 0 Å². The number of rotatable bonds is 3. The number of thiazole rings is 1. The lowest BCUT2D eigenvalue weighted by Gasteiger charge is -2.34. The minimum atomic E-state index is -0.471. The van der Waals surface area contributed by atoms with Crippen molar-refractivity contribution in [3.8, 4) is 0 Å². The molecule has 0 N–H and O–H groups in total. The van der Waals surface area contributed by atoms with Crippen LogP contribution in [-0.4, -0.2) is 42.2 Å². The molecule has 1 aromatic heterocycles. The molecule has 1 fully saturated rings. The van der Waals surface area contributed by atoms with Crippen molar-refractivity contribution in [1.82, 2.24) is 10.0 Å². The smallest absolute Gasteiger partial charge is 0.330 e. The Morgan fingerprint density at radius 1 is 1.40 bits per heavy atom. The van der Waals surface area contributed by atoms with Crippen molar-refractivity contribution in [2.45, 2.75) is 26.7 Å².